The second kappa shape index (κ2) is 16.6. The highest BCUT2D eigenvalue weighted by Gasteiger charge is 2.22. The Balaban J connectivity index is 4.43. The van der Waals surface area contributed by atoms with Crippen LogP contribution < -0.4 is 0 Å². The molecule has 0 atom stereocenters. The average molecular weight is 389 g/mol. The van der Waals surface area contributed by atoms with Gasteiger partial charge < -0.3 is 0 Å². The van der Waals surface area contributed by atoms with Crippen LogP contribution in [0.5, 0.6) is 0 Å². The third-order valence-corrected chi connectivity index (χ3v) is 10.8. The van der Waals surface area contributed by atoms with Crippen LogP contribution in [0.1, 0.15) is 39.5 Å². The smallest absolute Gasteiger partial charge is 0.00603 e. The minimum atomic E-state index is -0.406. The highest BCUT2D eigenvalue weighted by molar-refractivity contribution is 8.33. The van der Waals surface area contributed by atoms with E-state index >= 15 is 0 Å². The molecule has 0 unspecified atom stereocenters. The zero-order valence-corrected chi connectivity index (χ0v) is 18.3. The fraction of sp³-hybridized carbons (Fsp3) is 1.00. The van der Waals surface area contributed by atoms with Crippen LogP contribution in [-0.2, 0) is 0 Å². The number of rotatable bonds is 16. The second-order valence-corrected chi connectivity index (χ2v) is 13.1. The zero-order valence-electron chi connectivity index (χ0n) is 14.0. The fourth-order valence-corrected chi connectivity index (χ4v) is 9.21. The van der Waals surface area contributed by atoms with E-state index in [9.17, 15) is 0 Å². The normalized spacial score (nSPS) is 12.8. The summed E-state index contributed by atoms with van der Waals surface area (Å²) >= 11 is 13.1. The van der Waals surface area contributed by atoms with Crippen LogP contribution in [0.15, 0.2) is 0 Å². The zero-order chi connectivity index (χ0) is 15.8. The van der Waals surface area contributed by atoms with Crippen molar-refractivity contribution in [2.75, 3.05) is 57.5 Å². The van der Waals surface area contributed by atoms with E-state index < -0.39 is 10.0 Å². The summed E-state index contributed by atoms with van der Waals surface area (Å²) in [7, 11) is -0.406. The standard InChI is InChI=1S/C16H36S5/c1-3-19-11-7-15-21(13-5-9-17,14-6-10-18)16-8-12-20-4-2/h17-18H,3-16H2,1-2H3. The van der Waals surface area contributed by atoms with Gasteiger partial charge in [0.05, 0.1) is 0 Å². The molecule has 0 N–H and O–H groups in total. The third kappa shape index (κ3) is 12.8. The molecular weight excluding hydrogens is 353 g/mol. The van der Waals surface area contributed by atoms with Crippen molar-refractivity contribution in [2.24, 2.45) is 0 Å². The molecule has 130 valence electrons. The molecule has 0 saturated heterocycles. The predicted octanol–water partition coefficient (Wildman–Crippen LogP) is 5.72. The molecule has 0 nitrogen and oxygen atoms in total. The summed E-state index contributed by atoms with van der Waals surface area (Å²) in [6, 6.07) is 0. The Labute approximate surface area is 155 Å². The van der Waals surface area contributed by atoms with Crippen LogP contribution in [0.25, 0.3) is 0 Å². The molecule has 0 bridgehead atoms. The lowest BCUT2D eigenvalue weighted by Crippen LogP contribution is -2.19. The predicted molar refractivity (Wildman–Crippen MR) is 119 cm³/mol. The minimum Gasteiger partial charge on any atom is -0.241 e. The quantitative estimate of drug-likeness (QED) is 0.256. The van der Waals surface area contributed by atoms with Crippen molar-refractivity contribution in [3.8, 4) is 0 Å². The Hall–Kier alpha value is 1.75. The number of thioether (sulfide) groups is 2. The Morgan fingerprint density at radius 1 is 0.667 bits per heavy atom. The van der Waals surface area contributed by atoms with Crippen molar-refractivity contribution >= 4 is 58.8 Å². The van der Waals surface area contributed by atoms with Gasteiger partial charge in [-0.15, -0.1) is 0 Å². The van der Waals surface area contributed by atoms with Crippen LogP contribution in [0, 0.1) is 0 Å². The van der Waals surface area contributed by atoms with Crippen molar-refractivity contribution in [3.05, 3.63) is 0 Å². The average Bonchev–Trinajstić information content (AvgIpc) is 2.51. The molecule has 0 aromatic carbocycles. The maximum Gasteiger partial charge on any atom is -0.00603 e. The maximum atomic E-state index is 4.46. The largest absolute Gasteiger partial charge is 0.241 e. The van der Waals surface area contributed by atoms with Gasteiger partial charge in [-0.1, -0.05) is 13.8 Å². The van der Waals surface area contributed by atoms with Gasteiger partial charge in [-0.2, -0.15) is 48.8 Å². The van der Waals surface area contributed by atoms with Gasteiger partial charge in [-0.05, 0) is 83.2 Å². The molecule has 0 rings (SSSR count). The molecule has 0 saturated carbocycles. The topological polar surface area (TPSA) is 0 Å². The van der Waals surface area contributed by atoms with Gasteiger partial charge in [0.15, 0.2) is 0 Å². The first-order valence-corrected chi connectivity index (χ1v) is 14.2. The maximum absolute atomic E-state index is 4.46. The highest BCUT2D eigenvalue weighted by Crippen LogP contribution is 2.50. The summed E-state index contributed by atoms with van der Waals surface area (Å²) in [5, 5.41) is 0. The van der Waals surface area contributed by atoms with Gasteiger partial charge in [0.1, 0.15) is 0 Å². The van der Waals surface area contributed by atoms with Gasteiger partial charge in [0.2, 0.25) is 0 Å². The lowest BCUT2D eigenvalue weighted by atomic mass is 10.5. The molecule has 0 aliphatic rings. The Morgan fingerprint density at radius 3 is 1.38 bits per heavy atom. The molecule has 0 spiro atoms. The van der Waals surface area contributed by atoms with Crippen molar-refractivity contribution < 1.29 is 0 Å². The van der Waals surface area contributed by atoms with Gasteiger partial charge in [0, 0.05) is 0 Å². The fourth-order valence-electron chi connectivity index (χ4n) is 2.58. The summed E-state index contributed by atoms with van der Waals surface area (Å²) in [4.78, 5) is 0. The third-order valence-electron chi connectivity index (χ3n) is 3.61. The second-order valence-electron chi connectivity index (χ2n) is 5.30. The SMILES string of the molecule is CCSCCCS(CCCS)(CCCS)CCCSCC. The van der Waals surface area contributed by atoms with E-state index in [1.54, 1.807) is 0 Å². The van der Waals surface area contributed by atoms with E-state index in [1.165, 1.54) is 71.7 Å². The van der Waals surface area contributed by atoms with Gasteiger partial charge in [-0.3, -0.25) is 0 Å². The van der Waals surface area contributed by atoms with E-state index in [-0.39, 0.29) is 0 Å². The molecule has 0 radical (unpaired) electrons. The first kappa shape index (κ1) is 22.8. The molecule has 0 aromatic heterocycles. The van der Waals surface area contributed by atoms with E-state index in [0.29, 0.717) is 0 Å². The molecule has 0 aliphatic heterocycles. The summed E-state index contributed by atoms with van der Waals surface area (Å²) < 4.78 is 0. The number of hydrogen-bond acceptors (Lipinski definition) is 4. The van der Waals surface area contributed by atoms with Crippen LogP contribution >= 0.6 is 58.8 Å². The number of thiol groups is 2. The minimum absolute atomic E-state index is 0.406. The summed E-state index contributed by atoms with van der Waals surface area (Å²) in [6.45, 7) is 4.54. The summed E-state index contributed by atoms with van der Waals surface area (Å²) in [5.74, 6) is 13.3. The summed E-state index contributed by atoms with van der Waals surface area (Å²) in [6.07, 6.45) is 5.47. The highest BCUT2D eigenvalue weighted by atomic mass is 32.3. The van der Waals surface area contributed by atoms with Crippen molar-refractivity contribution in [1.82, 2.24) is 0 Å². The van der Waals surface area contributed by atoms with E-state index in [0.717, 1.165) is 11.5 Å². The lowest BCUT2D eigenvalue weighted by molar-refractivity contribution is 1.00. The van der Waals surface area contributed by atoms with Crippen LogP contribution in [0.4, 0.5) is 0 Å². The first-order chi connectivity index (χ1) is 10.2. The van der Waals surface area contributed by atoms with Crippen LogP contribution in [-0.4, -0.2) is 57.5 Å². The van der Waals surface area contributed by atoms with E-state index in [4.69, 9.17) is 0 Å². The van der Waals surface area contributed by atoms with Gasteiger partial charge in [-0.25, -0.2) is 10.0 Å². The molecule has 0 aromatic rings. The monoisotopic (exact) mass is 388 g/mol. The molecule has 21 heavy (non-hydrogen) atoms. The van der Waals surface area contributed by atoms with E-state index in [1.807, 2.05) is 0 Å². The number of hydrogen-bond donors (Lipinski definition) is 2. The first-order valence-electron chi connectivity index (χ1n) is 8.36. The lowest BCUT2D eigenvalue weighted by Gasteiger charge is -2.41. The molecule has 0 amide bonds. The molecule has 0 heterocycles. The van der Waals surface area contributed by atoms with Gasteiger partial charge >= 0.3 is 0 Å². The molecule has 0 fully saturated rings. The molecular formula is C16H36S5. The van der Waals surface area contributed by atoms with Crippen LogP contribution in [0.3, 0.4) is 0 Å². The van der Waals surface area contributed by atoms with Crippen LogP contribution in [0.2, 0.25) is 0 Å². The Bertz CT molecular complexity index is 189. The van der Waals surface area contributed by atoms with Crippen molar-refractivity contribution in [1.29, 1.82) is 0 Å². The summed E-state index contributed by atoms with van der Waals surface area (Å²) in [5.41, 5.74) is 0. The van der Waals surface area contributed by atoms with Crippen molar-refractivity contribution in [3.63, 3.8) is 0 Å². The molecule has 0 aliphatic carbocycles. The van der Waals surface area contributed by atoms with E-state index in [2.05, 4.69) is 62.6 Å². The Morgan fingerprint density at radius 2 is 1.05 bits per heavy atom. The Kier molecular flexibility index (Phi) is 18.0. The van der Waals surface area contributed by atoms with Gasteiger partial charge in [0.25, 0.3) is 0 Å². The van der Waals surface area contributed by atoms with Crippen molar-refractivity contribution in [2.45, 2.75) is 39.5 Å². The molecule has 5 heteroatoms.